The zero-order valence-corrected chi connectivity index (χ0v) is 19.9. The van der Waals surface area contributed by atoms with Gasteiger partial charge in [-0.15, -0.1) is 0 Å². The van der Waals surface area contributed by atoms with Gasteiger partial charge in [-0.1, -0.05) is 60.2 Å². The van der Waals surface area contributed by atoms with Gasteiger partial charge < -0.3 is 19.5 Å². The highest BCUT2D eigenvalue weighted by Gasteiger charge is 2.19. The van der Waals surface area contributed by atoms with Crippen molar-refractivity contribution in [3.63, 3.8) is 0 Å². The van der Waals surface area contributed by atoms with E-state index in [-0.39, 0.29) is 19.1 Å². The second-order valence-corrected chi connectivity index (χ2v) is 8.05. The van der Waals surface area contributed by atoms with E-state index in [1.54, 1.807) is 11.0 Å². The second kappa shape index (κ2) is 11.9. The molecule has 3 rings (SSSR count). The Morgan fingerprint density at radius 2 is 1.68 bits per heavy atom. The molecule has 0 unspecified atom stereocenters. The third-order valence-electron chi connectivity index (χ3n) is 5.46. The maximum Gasteiger partial charge on any atom is 0.410 e. The van der Waals surface area contributed by atoms with Gasteiger partial charge in [0, 0.05) is 18.7 Å². The van der Waals surface area contributed by atoms with Gasteiger partial charge in [0.15, 0.2) is 0 Å². The van der Waals surface area contributed by atoms with Gasteiger partial charge in [0.05, 0.1) is 13.0 Å². The molecule has 0 radical (unpaired) electrons. The van der Waals surface area contributed by atoms with Crippen molar-refractivity contribution in [1.82, 2.24) is 4.90 Å². The van der Waals surface area contributed by atoms with Gasteiger partial charge in [0.1, 0.15) is 12.4 Å². The highest BCUT2D eigenvalue weighted by molar-refractivity contribution is 5.77. The highest BCUT2D eigenvalue weighted by atomic mass is 16.6. The van der Waals surface area contributed by atoms with Crippen molar-refractivity contribution in [2.24, 2.45) is 0 Å². The number of carbonyl (C=O) groups is 2. The summed E-state index contributed by atoms with van der Waals surface area (Å²) in [7, 11) is 0. The molecule has 178 valence electrons. The number of rotatable bonds is 10. The summed E-state index contributed by atoms with van der Waals surface area (Å²) in [5.41, 5.74) is 5.32. The van der Waals surface area contributed by atoms with E-state index in [0.717, 1.165) is 27.8 Å². The molecule has 0 aromatic heterocycles. The number of amides is 1. The average Bonchev–Trinajstić information content (AvgIpc) is 2.82. The molecule has 0 heterocycles. The summed E-state index contributed by atoms with van der Waals surface area (Å²) in [4.78, 5) is 25.8. The third kappa shape index (κ3) is 6.61. The van der Waals surface area contributed by atoms with Gasteiger partial charge in [0.25, 0.3) is 0 Å². The molecular formula is C28H31NO5. The number of hydrogen-bond acceptors (Lipinski definition) is 4. The molecule has 0 atom stereocenters. The van der Waals surface area contributed by atoms with Crippen LogP contribution in [0.2, 0.25) is 0 Å². The molecule has 0 aliphatic carbocycles. The first-order valence-electron chi connectivity index (χ1n) is 11.4. The van der Waals surface area contributed by atoms with E-state index >= 15 is 0 Å². The molecule has 1 amide bonds. The van der Waals surface area contributed by atoms with Crippen molar-refractivity contribution in [2.75, 3.05) is 13.2 Å². The number of carboxylic acids is 1. The molecule has 0 saturated heterocycles. The van der Waals surface area contributed by atoms with E-state index in [4.69, 9.17) is 9.47 Å². The smallest absolute Gasteiger partial charge is 0.410 e. The first kappa shape index (κ1) is 24.8. The van der Waals surface area contributed by atoms with E-state index < -0.39 is 5.97 Å². The number of carbonyl (C=O) groups excluding carboxylic acids is 1. The normalized spacial score (nSPS) is 10.6. The van der Waals surface area contributed by atoms with Crippen molar-refractivity contribution in [1.29, 1.82) is 0 Å². The lowest BCUT2D eigenvalue weighted by molar-refractivity contribution is -0.136. The Hall–Kier alpha value is -3.80. The van der Waals surface area contributed by atoms with Crippen LogP contribution in [-0.4, -0.2) is 35.2 Å². The van der Waals surface area contributed by atoms with Gasteiger partial charge in [0.2, 0.25) is 0 Å². The summed E-state index contributed by atoms with van der Waals surface area (Å²) in [5.74, 6) is -0.214. The van der Waals surface area contributed by atoms with Crippen LogP contribution in [0.5, 0.6) is 5.75 Å². The van der Waals surface area contributed by atoms with Gasteiger partial charge in [-0.05, 0) is 55.2 Å². The second-order valence-electron chi connectivity index (χ2n) is 8.05. The Morgan fingerprint density at radius 1 is 0.912 bits per heavy atom. The molecule has 6 nitrogen and oxygen atoms in total. The molecule has 34 heavy (non-hydrogen) atoms. The lowest BCUT2D eigenvalue weighted by Crippen LogP contribution is -2.31. The lowest BCUT2D eigenvalue weighted by Gasteiger charge is -2.23. The van der Waals surface area contributed by atoms with E-state index in [2.05, 4.69) is 0 Å². The number of benzene rings is 3. The first-order chi connectivity index (χ1) is 16.4. The van der Waals surface area contributed by atoms with Crippen molar-refractivity contribution >= 4 is 12.1 Å². The average molecular weight is 462 g/mol. The predicted octanol–water partition coefficient (Wildman–Crippen LogP) is 5.85. The van der Waals surface area contributed by atoms with Crippen LogP contribution in [0.3, 0.4) is 0 Å². The molecule has 6 heteroatoms. The van der Waals surface area contributed by atoms with Crippen LogP contribution in [0.25, 0.3) is 11.1 Å². The maximum absolute atomic E-state index is 12.8. The molecule has 0 fully saturated rings. The van der Waals surface area contributed by atoms with Crippen molar-refractivity contribution in [3.8, 4) is 16.9 Å². The minimum absolute atomic E-state index is 0.0759. The van der Waals surface area contributed by atoms with E-state index in [0.29, 0.717) is 31.0 Å². The quantitative estimate of drug-likeness (QED) is 0.410. The first-order valence-corrected chi connectivity index (χ1v) is 11.4. The van der Waals surface area contributed by atoms with Crippen molar-refractivity contribution in [2.45, 2.75) is 40.3 Å². The van der Waals surface area contributed by atoms with Gasteiger partial charge in [-0.2, -0.15) is 0 Å². The summed E-state index contributed by atoms with van der Waals surface area (Å²) in [6, 6.07) is 21.1. The number of aryl methyl sites for hydroxylation is 1. The summed E-state index contributed by atoms with van der Waals surface area (Å²) < 4.78 is 11.4. The van der Waals surface area contributed by atoms with E-state index in [1.807, 2.05) is 81.4 Å². The Kier molecular flexibility index (Phi) is 8.68. The monoisotopic (exact) mass is 461 g/mol. The van der Waals surface area contributed by atoms with Crippen LogP contribution in [0.1, 0.15) is 36.1 Å². The molecule has 3 aromatic carbocycles. The molecule has 0 spiro atoms. The Labute approximate surface area is 200 Å². The minimum Gasteiger partial charge on any atom is -0.493 e. The minimum atomic E-state index is -0.891. The van der Waals surface area contributed by atoms with Gasteiger partial charge >= 0.3 is 12.1 Å². The number of ether oxygens (including phenoxy) is 2. The van der Waals surface area contributed by atoms with E-state index in [9.17, 15) is 14.7 Å². The van der Waals surface area contributed by atoms with Crippen LogP contribution in [-0.2, 0) is 29.1 Å². The van der Waals surface area contributed by atoms with Crippen LogP contribution < -0.4 is 4.74 Å². The largest absolute Gasteiger partial charge is 0.493 e. The van der Waals surface area contributed by atoms with Gasteiger partial charge in [-0.3, -0.25) is 4.79 Å². The molecule has 1 N–H and O–H groups in total. The fraction of sp³-hybridized carbons (Fsp3) is 0.286. The molecule has 0 saturated carbocycles. The number of hydrogen-bond donors (Lipinski definition) is 1. The SMILES string of the molecule is CCOc1ccc(CC(=O)O)cc1-c1ccc(C)cc1CN(CC)C(=O)OCc1ccccc1. The topological polar surface area (TPSA) is 76.1 Å². The molecule has 3 aromatic rings. The third-order valence-corrected chi connectivity index (χ3v) is 5.46. The Morgan fingerprint density at radius 3 is 2.35 bits per heavy atom. The van der Waals surface area contributed by atoms with Gasteiger partial charge in [-0.25, -0.2) is 4.79 Å². The standard InChI is InChI=1S/C28H31NO5/c1-4-29(28(32)34-19-21-9-7-6-8-10-21)18-23-15-20(3)11-13-24(23)25-16-22(17-27(30)31)12-14-26(25)33-5-2/h6-16H,4-5,17-19H2,1-3H3,(H,30,31). The summed E-state index contributed by atoms with van der Waals surface area (Å²) in [5, 5.41) is 9.25. The lowest BCUT2D eigenvalue weighted by atomic mass is 9.94. The number of nitrogens with zero attached hydrogens (tertiary/aromatic N) is 1. The molecule has 0 aliphatic heterocycles. The zero-order chi connectivity index (χ0) is 24.5. The summed E-state index contributed by atoms with van der Waals surface area (Å²) in [6.07, 6.45) is -0.462. The molecule has 0 bridgehead atoms. The molecular weight excluding hydrogens is 430 g/mol. The van der Waals surface area contributed by atoms with E-state index in [1.165, 1.54) is 0 Å². The van der Waals surface area contributed by atoms with Crippen LogP contribution in [0, 0.1) is 6.92 Å². The van der Waals surface area contributed by atoms with Crippen molar-refractivity contribution < 1.29 is 24.2 Å². The Balaban J connectivity index is 1.90. The fourth-order valence-electron chi connectivity index (χ4n) is 3.79. The van der Waals surface area contributed by atoms with Crippen LogP contribution in [0.15, 0.2) is 66.7 Å². The summed E-state index contributed by atoms with van der Waals surface area (Å²) in [6.45, 7) is 7.36. The Bertz CT molecular complexity index is 1130. The fourth-order valence-corrected chi connectivity index (χ4v) is 3.79. The number of aliphatic carboxylic acids is 1. The number of carboxylic acid groups (broad SMARTS) is 1. The van der Waals surface area contributed by atoms with Crippen molar-refractivity contribution in [3.05, 3.63) is 89.0 Å². The molecule has 0 aliphatic rings. The highest BCUT2D eigenvalue weighted by Crippen LogP contribution is 2.35. The zero-order valence-electron chi connectivity index (χ0n) is 19.9. The predicted molar refractivity (Wildman–Crippen MR) is 132 cm³/mol. The summed E-state index contributed by atoms with van der Waals surface area (Å²) >= 11 is 0. The maximum atomic E-state index is 12.8. The van der Waals surface area contributed by atoms with Crippen LogP contribution in [0.4, 0.5) is 4.79 Å². The van der Waals surface area contributed by atoms with Crippen LogP contribution >= 0.6 is 0 Å².